The number of nitriles is 1. The molecule has 0 amide bonds. The zero-order valence-electron chi connectivity index (χ0n) is 15.1. The Morgan fingerprint density at radius 3 is 2.57 bits per heavy atom. The van der Waals surface area contributed by atoms with Gasteiger partial charge in [-0.25, -0.2) is 13.4 Å². The molecule has 0 saturated heterocycles. The Balaban J connectivity index is 1.90. The summed E-state index contributed by atoms with van der Waals surface area (Å²) in [5, 5.41) is 15.1. The van der Waals surface area contributed by atoms with Crippen LogP contribution in [0.15, 0.2) is 71.9 Å². The highest BCUT2D eigenvalue weighted by Gasteiger charge is 2.34. The Labute approximate surface area is 174 Å². The number of ether oxygens (including phenoxy) is 1. The largest absolute Gasteiger partial charge is 0.455 e. The lowest BCUT2D eigenvalue weighted by atomic mass is 10.2. The van der Waals surface area contributed by atoms with Gasteiger partial charge in [0, 0.05) is 6.07 Å². The maximum atomic E-state index is 13.7. The second kappa shape index (κ2) is 7.94. The summed E-state index contributed by atoms with van der Waals surface area (Å²) in [6.45, 7) is 0. The maximum absolute atomic E-state index is 13.7. The number of H-pyrrole nitrogens is 1. The zero-order valence-corrected chi connectivity index (χ0v) is 16.7. The third-order valence-electron chi connectivity index (χ3n) is 3.92. The number of para-hydroxylation sites is 2. The van der Waals surface area contributed by atoms with Crippen molar-refractivity contribution in [1.82, 2.24) is 15.2 Å². The van der Waals surface area contributed by atoms with Crippen LogP contribution >= 0.6 is 11.3 Å². The summed E-state index contributed by atoms with van der Waals surface area (Å²) >= 11 is 0.551. The number of rotatable bonds is 6. The highest BCUT2D eigenvalue weighted by molar-refractivity contribution is 7.93. The van der Waals surface area contributed by atoms with Gasteiger partial charge in [-0.15, -0.1) is 0 Å². The van der Waals surface area contributed by atoms with Gasteiger partial charge < -0.3 is 4.74 Å². The van der Waals surface area contributed by atoms with E-state index in [4.69, 9.17) is 4.74 Å². The van der Waals surface area contributed by atoms with Crippen LogP contribution in [0.25, 0.3) is 0 Å². The van der Waals surface area contributed by atoms with Gasteiger partial charge in [0.15, 0.2) is 10.9 Å². The van der Waals surface area contributed by atoms with Crippen molar-refractivity contribution in [3.63, 3.8) is 0 Å². The van der Waals surface area contributed by atoms with Crippen molar-refractivity contribution >= 4 is 32.3 Å². The smallest absolute Gasteiger partial charge is 0.275 e. The van der Waals surface area contributed by atoms with E-state index in [-0.39, 0.29) is 27.2 Å². The molecule has 0 aliphatic carbocycles. The monoisotopic (exact) mass is 441 g/mol. The van der Waals surface area contributed by atoms with Gasteiger partial charge in [-0.05, 0) is 24.3 Å². The predicted molar refractivity (Wildman–Crippen MR) is 108 cm³/mol. The molecular formula is C19H12FN5O3S2. The fraction of sp³-hybridized carbons (Fsp3) is 0. The minimum atomic E-state index is -4.38. The minimum Gasteiger partial charge on any atom is -0.455 e. The number of hydrogen-bond donors (Lipinski definition) is 1. The first-order valence-corrected chi connectivity index (χ1v) is 10.7. The summed E-state index contributed by atoms with van der Waals surface area (Å²) in [6, 6.07) is 16.0. The van der Waals surface area contributed by atoms with Gasteiger partial charge in [0.25, 0.3) is 10.0 Å². The Kier molecular flexibility index (Phi) is 5.18. The first-order valence-electron chi connectivity index (χ1n) is 8.43. The van der Waals surface area contributed by atoms with Crippen molar-refractivity contribution in [2.24, 2.45) is 0 Å². The second-order valence-electron chi connectivity index (χ2n) is 5.82. The molecule has 0 radical (unpaired) electrons. The molecule has 30 heavy (non-hydrogen) atoms. The number of nitrogens with one attached hydrogen (secondary N) is 1. The van der Waals surface area contributed by atoms with Gasteiger partial charge in [0.05, 0.1) is 18.0 Å². The van der Waals surface area contributed by atoms with Crippen LogP contribution in [0.2, 0.25) is 0 Å². The molecule has 0 aliphatic heterocycles. The number of hydrogen-bond acceptors (Lipinski definition) is 7. The molecule has 4 aromatic rings. The van der Waals surface area contributed by atoms with Gasteiger partial charge in [-0.2, -0.15) is 19.1 Å². The number of aromatic amines is 1. The van der Waals surface area contributed by atoms with E-state index in [0.717, 1.165) is 10.5 Å². The molecule has 0 unspecified atom stereocenters. The lowest BCUT2D eigenvalue weighted by Gasteiger charge is -2.21. The molecule has 0 aliphatic rings. The number of nitrogens with zero attached hydrogens (tertiary/aromatic N) is 4. The molecule has 2 aromatic heterocycles. The van der Waals surface area contributed by atoms with Crippen LogP contribution in [0.4, 0.5) is 15.3 Å². The second-order valence-corrected chi connectivity index (χ2v) is 8.53. The maximum Gasteiger partial charge on any atom is 0.275 e. The summed E-state index contributed by atoms with van der Waals surface area (Å²) in [4.78, 5) is 3.57. The summed E-state index contributed by atoms with van der Waals surface area (Å²) < 4.78 is 47.6. The van der Waals surface area contributed by atoms with Crippen molar-refractivity contribution in [2.75, 3.05) is 4.31 Å². The predicted octanol–water partition coefficient (Wildman–Crippen LogP) is 4.20. The van der Waals surface area contributed by atoms with Gasteiger partial charge in [0.1, 0.15) is 22.5 Å². The van der Waals surface area contributed by atoms with E-state index in [0.29, 0.717) is 17.1 Å². The van der Waals surface area contributed by atoms with Crippen LogP contribution < -0.4 is 9.04 Å². The molecule has 8 nitrogen and oxygen atoms in total. The average molecular weight is 441 g/mol. The molecule has 2 aromatic carbocycles. The van der Waals surface area contributed by atoms with E-state index in [9.17, 15) is 18.1 Å². The van der Waals surface area contributed by atoms with Gasteiger partial charge in [0.2, 0.25) is 5.13 Å². The first-order chi connectivity index (χ1) is 14.5. The summed E-state index contributed by atoms with van der Waals surface area (Å²) in [7, 11) is -4.38. The normalized spacial score (nSPS) is 11.1. The van der Waals surface area contributed by atoms with E-state index >= 15 is 0 Å². The van der Waals surface area contributed by atoms with E-state index in [1.807, 2.05) is 6.07 Å². The zero-order chi connectivity index (χ0) is 21.1. The highest BCUT2D eigenvalue weighted by Crippen LogP contribution is 2.39. The Morgan fingerprint density at radius 1 is 1.13 bits per heavy atom. The molecule has 11 heteroatoms. The molecule has 4 rings (SSSR count). The molecular weight excluding hydrogens is 429 g/mol. The molecule has 0 bridgehead atoms. The third kappa shape index (κ3) is 3.61. The number of anilines is 2. The number of benzene rings is 2. The molecule has 0 fully saturated rings. The van der Waals surface area contributed by atoms with E-state index in [1.54, 1.807) is 30.3 Å². The van der Waals surface area contributed by atoms with Crippen molar-refractivity contribution in [1.29, 1.82) is 5.26 Å². The summed E-state index contributed by atoms with van der Waals surface area (Å²) in [5.74, 6) is 0.259. The SMILES string of the molecule is N#Cc1cccc(S(=O)(=O)N(c2ccn[nH]2)c2ncc(F)s2)c1Oc1ccccc1. The Morgan fingerprint density at radius 2 is 1.93 bits per heavy atom. The molecule has 0 saturated carbocycles. The van der Waals surface area contributed by atoms with Crippen LogP contribution in [0.5, 0.6) is 11.5 Å². The van der Waals surface area contributed by atoms with Crippen molar-refractivity contribution in [3.8, 4) is 17.6 Å². The lowest BCUT2D eigenvalue weighted by molar-refractivity contribution is 0.466. The fourth-order valence-corrected chi connectivity index (χ4v) is 5.07. The van der Waals surface area contributed by atoms with Crippen LogP contribution in [0.1, 0.15) is 5.56 Å². The molecule has 1 N–H and O–H groups in total. The number of sulfonamides is 1. The molecule has 0 spiro atoms. The number of thiazole rings is 1. The van der Waals surface area contributed by atoms with Crippen LogP contribution in [0.3, 0.4) is 0 Å². The average Bonchev–Trinajstić information content (AvgIpc) is 3.41. The quantitative estimate of drug-likeness (QED) is 0.480. The first kappa shape index (κ1) is 19.6. The fourth-order valence-electron chi connectivity index (χ4n) is 2.65. The summed E-state index contributed by atoms with van der Waals surface area (Å²) in [5.41, 5.74) is 0.0230. The van der Waals surface area contributed by atoms with Crippen molar-refractivity contribution < 1.29 is 17.5 Å². The van der Waals surface area contributed by atoms with Gasteiger partial charge in [-0.1, -0.05) is 35.6 Å². The number of halogens is 1. The third-order valence-corrected chi connectivity index (χ3v) is 6.54. The molecule has 0 atom stereocenters. The van der Waals surface area contributed by atoms with Gasteiger partial charge in [-0.3, -0.25) is 5.10 Å². The van der Waals surface area contributed by atoms with E-state index in [1.165, 1.54) is 30.5 Å². The van der Waals surface area contributed by atoms with Crippen LogP contribution in [-0.4, -0.2) is 23.6 Å². The highest BCUT2D eigenvalue weighted by atomic mass is 32.2. The number of aromatic nitrogens is 3. The van der Waals surface area contributed by atoms with Crippen LogP contribution in [0, 0.1) is 16.5 Å². The lowest BCUT2D eigenvalue weighted by Crippen LogP contribution is -2.27. The van der Waals surface area contributed by atoms with Gasteiger partial charge >= 0.3 is 0 Å². The van der Waals surface area contributed by atoms with Crippen LogP contribution in [-0.2, 0) is 10.0 Å². The van der Waals surface area contributed by atoms with Crippen molar-refractivity contribution in [2.45, 2.75) is 4.90 Å². The van der Waals surface area contributed by atoms with Crippen molar-refractivity contribution in [3.05, 3.63) is 77.7 Å². The topological polar surface area (TPSA) is 112 Å². The van der Waals surface area contributed by atoms with E-state index in [2.05, 4.69) is 15.2 Å². The molecule has 2 heterocycles. The Bertz CT molecular complexity index is 1320. The Hall–Kier alpha value is -3.75. The van der Waals surface area contributed by atoms with E-state index < -0.39 is 15.2 Å². The minimum absolute atomic E-state index is 0.0230. The summed E-state index contributed by atoms with van der Waals surface area (Å²) in [6.07, 6.45) is 2.28. The standard InChI is InChI=1S/C19H12FN5O3S2/c20-16-12-22-19(29-16)25(17-9-10-23-24-17)30(26,27)15-8-4-5-13(11-21)18(15)28-14-6-2-1-3-7-14/h1-10,12H,(H,23,24). The molecule has 150 valence electrons.